The fraction of sp³-hybridized carbons (Fsp3) is 0.111. The van der Waals surface area contributed by atoms with Crippen LogP contribution in [0.25, 0.3) is 0 Å². The van der Waals surface area contributed by atoms with Gasteiger partial charge in [0.1, 0.15) is 0 Å². The predicted molar refractivity (Wildman–Crippen MR) is 128 cm³/mol. The van der Waals surface area contributed by atoms with Crippen molar-refractivity contribution in [3.8, 4) is 0 Å². The number of rotatable bonds is 7. The van der Waals surface area contributed by atoms with Crippen LogP contribution in [-0.2, 0) is 6.54 Å². The second-order valence-electron chi connectivity index (χ2n) is 7.52. The molecule has 0 saturated carbocycles. The first kappa shape index (κ1) is 19.7. The molecule has 0 radical (unpaired) electrons. The number of para-hydroxylation sites is 1. The van der Waals surface area contributed by atoms with Crippen LogP contribution in [0.5, 0.6) is 0 Å². The van der Waals surface area contributed by atoms with Crippen molar-refractivity contribution in [2.75, 3.05) is 10.3 Å². The Balaban J connectivity index is 1.55. The van der Waals surface area contributed by atoms with Crippen LogP contribution in [0.1, 0.15) is 16.7 Å². The second-order valence-corrected chi connectivity index (χ2v) is 7.52. The Kier molecular flexibility index (Phi) is 6.11. The highest BCUT2D eigenvalue weighted by molar-refractivity contribution is 5.77. The Labute approximate surface area is 179 Å². The average Bonchev–Trinajstić information content (AvgIpc) is 2.76. The monoisotopic (exact) mass is 393 g/mol. The van der Waals surface area contributed by atoms with Crippen molar-refractivity contribution >= 4 is 22.7 Å². The van der Waals surface area contributed by atoms with Crippen molar-refractivity contribution in [2.24, 2.45) is 0 Å². The van der Waals surface area contributed by atoms with Gasteiger partial charge in [0, 0.05) is 29.3 Å². The van der Waals surface area contributed by atoms with Gasteiger partial charge in [0.2, 0.25) is 0 Å². The lowest BCUT2D eigenvalue weighted by Gasteiger charge is -2.26. The molecule has 0 aromatic heterocycles. The second kappa shape index (κ2) is 9.29. The minimum atomic E-state index is 0.740. The van der Waals surface area contributed by atoms with Gasteiger partial charge in [-0.2, -0.15) is 0 Å². The summed E-state index contributed by atoms with van der Waals surface area (Å²) in [5.41, 5.74) is 14.8. The summed E-state index contributed by atoms with van der Waals surface area (Å²) >= 11 is 0. The van der Waals surface area contributed by atoms with E-state index in [0.29, 0.717) is 0 Å². The molecule has 0 spiro atoms. The zero-order valence-electron chi connectivity index (χ0n) is 17.5. The van der Waals surface area contributed by atoms with Crippen molar-refractivity contribution in [1.29, 1.82) is 0 Å². The first-order valence-electron chi connectivity index (χ1n) is 10.3. The van der Waals surface area contributed by atoms with E-state index in [1.54, 1.807) is 0 Å². The van der Waals surface area contributed by atoms with E-state index in [1.807, 2.05) is 30.3 Å². The summed E-state index contributed by atoms with van der Waals surface area (Å²) in [5, 5.41) is 0. The third-order valence-corrected chi connectivity index (χ3v) is 5.01. The quantitative estimate of drug-likeness (QED) is 0.335. The largest absolute Gasteiger partial charge is 0.321 e. The molecule has 0 heterocycles. The molecule has 0 aliphatic rings. The van der Waals surface area contributed by atoms with Crippen molar-refractivity contribution in [3.05, 3.63) is 120 Å². The minimum absolute atomic E-state index is 0.740. The van der Waals surface area contributed by atoms with E-state index in [2.05, 4.69) is 102 Å². The summed E-state index contributed by atoms with van der Waals surface area (Å²) in [4.78, 5) is 2.30. The third-order valence-electron chi connectivity index (χ3n) is 5.01. The molecule has 0 bridgehead atoms. The predicted octanol–water partition coefficient (Wildman–Crippen LogP) is 6.89. The van der Waals surface area contributed by atoms with E-state index >= 15 is 0 Å². The van der Waals surface area contributed by atoms with Gasteiger partial charge in [0.05, 0.1) is 0 Å². The summed E-state index contributed by atoms with van der Waals surface area (Å²) < 4.78 is 0. The summed E-state index contributed by atoms with van der Waals surface area (Å²) in [6.45, 7) is 5.00. The fourth-order valence-corrected chi connectivity index (χ4v) is 3.51. The van der Waals surface area contributed by atoms with Crippen LogP contribution in [0, 0.1) is 13.8 Å². The van der Waals surface area contributed by atoms with Gasteiger partial charge in [-0.25, -0.2) is 5.43 Å². The number of nitrogens with one attached hydrogen (secondary N) is 2. The number of benzene rings is 4. The van der Waals surface area contributed by atoms with Crippen LogP contribution in [-0.4, -0.2) is 0 Å². The lowest BCUT2D eigenvalue weighted by atomic mass is 10.1. The Morgan fingerprint density at radius 2 is 1.20 bits per heavy atom. The van der Waals surface area contributed by atoms with Crippen LogP contribution < -0.4 is 15.8 Å². The first-order valence-corrected chi connectivity index (χ1v) is 10.3. The van der Waals surface area contributed by atoms with Crippen molar-refractivity contribution in [2.45, 2.75) is 20.4 Å². The van der Waals surface area contributed by atoms with Gasteiger partial charge >= 0.3 is 0 Å². The van der Waals surface area contributed by atoms with E-state index in [9.17, 15) is 0 Å². The highest BCUT2D eigenvalue weighted by Crippen LogP contribution is 2.35. The maximum absolute atomic E-state index is 3.28. The van der Waals surface area contributed by atoms with E-state index in [4.69, 9.17) is 0 Å². The van der Waals surface area contributed by atoms with E-state index in [0.717, 1.165) is 29.3 Å². The standard InChI is InChI=1S/C27H27N3/c1-21-8-6-12-26(18-21)30(27-13-7-9-22(2)19-27)25-16-14-23(15-17-25)20-28-29-24-10-4-3-5-11-24/h3-19,28-29H,20H2,1-2H3. The van der Waals surface area contributed by atoms with Crippen LogP contribution >= 0.6 is 0 Å². The minimum Gasteiger partial charge on any atom is -0.321 e. The van der Waals surface area contributed by atoms with Crippen LogP contribution in [0.2, 0.25) is 0 Å². The van der Waals surface area contributed by atoms with Gasteiger partial charge in [-0.15, -0.1) is 0 Å². The van der Waals surface area contributed by atoms with Crippen molar-refractivity contribution in [1.82, 2.24) is 5.43 Å². The Morgan fingerprint density at radius 1 is 0.600 bits per heavy atom. The maximum atomic E-state index is 3.28. The van der Waals surface area contributed by atoms with Gasteiger partial charge in [0.15, 0.2) is 0 Å². The molecular formula is C27H27N3. The first-order chi connectivity index (χ1) is 14.7. The molecule has 3 heteroatoms. The summed E-state index contributed by atoms with van der Waals surface area (Å²) in [6.07, 6.45) is 0. The van der Waals surface area contributed by atoms with Gasteiger partial charge < -0.3 is 10.3 Å². The van der Waals surface area contributed by atoms with Crippen molar-refractivity contribution < 1.29 is 0 Å². The topological polar surface area (TPSA) is 27.3 Å². The number of anilines is 4. The number of hydrazine groups is 1. The number of nitrogens with zero attached hydrogens (tertiary/aromatic N) is 1. The lowest BCUT2D eigenvalue weighted by Crippen LogP contribution is -2.20. The molecule has 4 aromatic carbocycles. The number of hydrogen-bond acceptors (Lipinski definition) is 3. The van der Waals surface area contributed by atoms with Gasteiger partial charge in [-0.05, 0) is 79.1 Å². The van der Waals surface area contributed by atoms with Crippen LogP contribution in [0.3, 0.4) is 0 Å². The molecule has 0 saturated heterocycles. The SMILES string of the molecule is Cc1cccc(N(c2ccc(CNNc3ccccc3)cc2)c2cccc(C)c2)c1. The smallest absolute Gasteiger partial charge is 0.0487 e. The summed E-state index contributed by atoms with van der Waals surface area (Å²) in [7, 11) is 0. The number of aryl methyl sites for hydroxylation is 2. The molecule has 150 valence electrons. The van der Waals surface area contributed by atoms with Gasteiger partial charge in [-0.3, -0.25) is 0 Å². The van der Waals surface area contributed by atoms with Crippen molar-refractivity contribution in [3.63, 3.8) is 0 Å². The van der Waals surface area contributed by atoms with Gasteiger partial charge in [0.25, 0.3) is 0 Å². The van der Waals surface area contributed by atoms with E-state index < -0.39 is 0 Å². The highest BCUT2D eigenvalue weighted by Gasteiger charge is 2.12. The molecule has 3 nitrogen and oxygen atoms in total. The molecule has 30 heavy (non-hydrogen) atoms. The molecule has 4 rings (SSSR count). The average molecular weight is 394 g/mol. The molecule has 0 fully saturated rings. The van der Waals surface area contributed by atoms with Crippen LogP contribution in [0.15, 0.2) is 103 Å². The molecule has 0 aliphatic carbocycles. The molecular weight excluding hydrogens is 366 g/mol. The van der Waals surface area contributed by atoms with E-state index in [-0.39, 0.29) is 0 Å². The van der Waals surface area contributed by atoms with E-state index in [1.165, 1.54) is 16.7 Å². The molecule has 0 amide bonds. The normalized spacial score (nSPS) is 10.6. The lowest BCUT2D eigenvalue weighted by molar-refractivity contribution is 0.801. The maximum Gasteiger partial charge on any atom is 0.0487 e. The molecule has 4 aromatic rings. The molecule has 2 N–H and O–H groups in total. The molecule has 0 aliphatic heterocycles. The third kappa shape index (κ3) is 4.88. The Hall–Kier alpha value is -3.56. The molecule has 0 unspecified atom stereocenters. The molecule has 0 atom stereocenters. The van der Waals surface area contributed by atoms with Crippen LogP contribution in [0.4, 0.5) is 22.7 Å². The highest BCUT2D eigenvalue weighted by atomic mass is 15.3. The zero-order chi connectivity index (χ0) is 20.8. The summed E-state index contributed by atoms with van der Waals surface area (Å²) in [6, 6.07) is 36.1. The Bertz CT molecular complexity index is 1040. The zero-order valence-corrected chi connectivity index (χ0v) is 17.5. The van der Waals surface area contributed by atoms with Gasteiger partial charge in [-0.1, -0.05) is 54.6 Å². The number of hydrogen-bond donors (Lipinski definition) is 2. The Morgan fingerprint density at radius 3 is 1.77 bits per heavy atom. The summed E-state index contributed by atoms with van der Waals surface area (Å²) in [5.74, 6) is 0. The fourth-order valence-electron chi connectivity index (χ4n) is 3.51.